The highest BCUT2D eigenvalue weighted by Gasteiger charge is 2.28. The van der Waals surface area contributed by atoms with Crippen LogP contribution in [0.3, 0.4) is 0 Å². The maximum absolute atomic E-state index is 11.1. The molecule has 14 heavy (non-hydrogen) atoms. The number of carbonyl (C=O) groups is 1. The summed E-state index contributed by atoms with van der Waals surface area (Å²) in [6.45, 7) is 8.78. The maximum atomic E-state index is 11.1. The van der Waals surface area contributed by atoms with E-state index in [1.165, 1.54) is 19.3 Å². The molecule has 0 saturated carbocycles. The molecule has 1 aliphatic rings. The zero-order chi connectivity index (χ0) is 10.6. The topological polar surface area (TPSA) is 20.3 Å². The summed E-state index contributed by atoms with van der Waals surface area (Å²) in [5.41, 5.74) is 0.288. The standard InChI is InChI=1S/C12H23NO/c1-4-5-8-12(2,3)13-9-6-11(14)7-10-13/h4-10H2,1-3H3. The van der Waals surface area contributed by atoms with Crippen molar-refractivity contribution in [3.63, 3.8) is 0 Å². The molecular formula is C12H23NO. The van der Waals surface area contributed by atoms with Crippen LogP contribution in [0.4, 0.5) is 0 Å². The molecule has 1 saturated heterocycles. The number of nitrogens with zero attached hydrogens (tertiary/aromatic N) is 1. The van der Waals surface area contributed by atoms with Gasteiger partial charge in [-0.15, -0.1) is 0 Å². The molecule has 0 radical (unpaired) electrons. The van der Waals surface area contributed by atoms with Gasteiger partial charge in [-0.3, -0.25) is 9.69 Å². The molecule has 2 heteroatoms. The van der Waals surface area contributed by atoms with Crippen LogP contribution in [0.5, 0.6) is 0 Å². The molecule has 2 nitrogen and oxygen atoms in total. The average molecular weight is 197 g/mol. The molecule has 1 fully saturated rings. The van der Waals surface area contributed by atoms with Crippen LogP contribution in [-0.4, -0.2) is 29.3 Å². The zero-order valence-corrected chi connectivity index (χ0v) is 9.81. The fourth-order valence-electron chi connectivity index (χ4n) is 2.13. The molecule has 0 bridgehead atoms. The van der Waals surface area contributed by atoms with Crippen molar-refractivity contribution in [3.05, 3.63) is 0 Å². The number of ketones is 1. The van der Waals surface area contributed by atoms with Gasteiger partial charge in [-0.25, -0.2) is 0 Å². The minimum atomic E-state index is 0.288. The first kappa shape index (κ1) is 11.7. The lowest BCUT2D eigenvalue weighted by atomic mass is 9.92. The Balaban J connectivity index is 2.42. The van der Waals surface area contributed by atoms with Crippen molar-refractivity contribution in [3.8, 4) is 0 Å². The van der Waals surface area contributed by atoms with E-state index in [0.717, 1.165) is 25.9 Å². The van der Waals surface area contributed by atoms with Gasteiger partial charge in [-0.05, 0) is 20.3 Å². The first-order valence-corrected chi connectivity index (χ1v) is 5.83. The Labute approximate surface area is 87.7 Å². The summed E-state index contributed by atoms with van der Waals surface area (Å²) < 4.78 is 0. The van der Waals surface area contributed by atoms with Gasteiger partial charge in [0.1, 0.15) is 5.78 Å². The van der Waals surface area contributed by atoms with Gasteiger partial charge < -0.3 is 0 Å². The van der Waals surface area contributed by atoms with E-state index < -0.39 is 0 Å². The number of unbranched alkanes of at least 4 members (excludes halogenated alkanes) is 1. The van der Waals surface area contributed by atoms with Crippen molar-refractivity contribution < 1.29 is 4.79 Å². The number of hydrogen-bond donors (Lipinski definition) is 0. The first-order chi connectivity index (χ1) is 6.56. The molecule has 0 aromatic carbocycles. The van der Waals surface area contributed by atoms with Crippen molar-refractivity contribution >= 4 is 5.78 Å². The number of rotatable bonds is 4. The molecule has 0 spiro atoms. The van der Waals surface area contributed by atoms with Crippen LogP contribution < -0.4 is 0 Å². The summed E-state index contributed by atoms with van der Waals surface area (Å²) in [6.07, 6.45) is 5.32. The van der Waals surface area contributed by atoms with E-state index in [4.69, 9.17) is 0 Å². The van der Waals surface area contributed by atoms with E-state index in [1.54, 1.807) is 0 Å². The second-order valence-corrected chi connectivity index (χ2v) is 4.94. The number of likely N-dealkylation sites (tertiary alicyclic amines) is 1. The Morgan fingerprint density at radius 3 is 2.36 bits per heavy atom. The summed E-state index contributed by atoms with van der Waals surface area (Å²) in [6, 6.07) is 0. The fourth-order valence-corrected chi connectivity index (χ4v) is 2.13. The summed E-state index contributed by atoms with van der Waals surface area (Å²) in [7, 11) is 0. The number of piperidine rings is 1. The van der Waals surface area contributed by atoms with Crippen molar-refractivity contribution in [1.82, 2.24) is 4.90 Å². The van der Waals surface area contributed by atoms with Gasteiger partial charge >= 0.3 is 0 Å². The Bertz CT molecular complexity index is 188. The summed E-state index contributed by atoms with van der Waals surface area (Å²) in [4.78, 5) is 13.6. The van der Waals surface area contributed by atoms with Gasteiger partial charge in [0, 0.05) is 31.5 Å². The second-order valence-electron chi connectivity index (χ2n) is 4.94. The van der Waals surface area contributed by atoms with Crippen LogP contribution in [0, 0.1) is 0 Å². The predicted molar refractivity (Wildman–Crippen MR) is 59.4 cm³/mol. The molecule has 0 atom stereocenters. The zero-order valence-electron chi connectivity index (χ0n) is 9.81. The summed E-state index contributed by atoms with van der Waals surface area (Å²) >= 11 is 0. The molecule has 0 aromatic rings. The lowest BCUT2D eigenvalue weighted by molar-refractivity contribution is -0.122. The monoisotopic (exact) mass is 197 g/mol. The van der Waals surface area contributed by atoms with Gasteiger partial charge in [0.15, 0.2) is 0 Å². The Kier molecular flexibility index (Phi) is 4.11. The van der Waals surface area contributed by atoms with Gasteiger partial charge in [0.05, 0.1) is 0 Å². The molecule has 0 N–H and O–H groups in total. The second kappa shape index (κ2) is 4.92. The van der Waals surface area contributed by atoms with E-state index in [9.17, 15) is 4.79 Å². The smallest absolute Gasteiger partial charge is 0.135 e. The SMILES string of the molecule is CCCCC(C)(C)N1CCC(=O)CC1. The quantitative estimate of drug-likeness (QED) is 0.690. The third kappa shape index (κ3) is 3.09. The average Bonchev–Trinajstić information content (AvgIpc) is 2.16. The van der Waals surface area contributed by atoms with Crippen molar-refractivity contribution in [2.75, 3.05) is 13.1 Å². The molecule has 1 heterocycles. The third-order valence-electron chi connectivity index (χ3n) is 3.32. The molecule has 0 unspecified atom stereocenters. The Morgan fingerprint density at radius 1 is 1.29 bits per heavy atom. The van der Waals surface area contributed by atoms with E-state index >= 15 is 0 Å². The fraction of sp³-hybridized carbons (Fsp3) is 0.917. The van der Waals surface area contributed by atoms with Gasteiger partial charge in [-0.2, -0.15) is 0 Å². The number of Topliss-reactive ketones (excluding diaryl/α,β-unsaturated/α-hetero) is 1. The lowest BCUT2D eigenvalue weighted by Gasteiger charge is -2.40. The molecule has 1 rings (SSSR count). The van der Waals surface area contributed by atoms with E-state index in [-0.39, 0.29) is 5.54 Å². The number of carbonyl (C=O) groups excluding carboxylic acids is 1. The Morgan fingerprint density at radius 2 is 1.86 bits per heavy atom. The minimum Gasteiger partial charge on any atom is -0.300 e. The van der Waals surface area contributed by atoms with Crippen molar-refractivity contribution in [2.24, 2.45) is 0 Å². The van der Waals surface area contributed by atoms with Crippen LogP contribution >= 0.6 is 0 Å². The highest BCUT2D eigenvalue weighted by Crippen LogP contribution is 2.24. The first-order valence-electron chi connectivity index (χ1n) is 5.83. The van der Waals surface area contributed by atoms with Crippen LogP contribution in [0.1, 0.15) is 52.9 Å². The molecular weight excluding hydrogens is 174 g/mol. The molecule has 0 amide bonds. The molecule has 0 aromatic heterocycles. The van der Waals surface area contributed by atoms with Crippen molar-refractivity contribution in [2.45, 2.75) is 58.4 Å². The third-order valence-corrected chi connectivity index (χ3v) is 3.32. The highest BCUT2D eigenvalue weighted by atomic mass is 16.1. The summed E-state index contributed by atoms with van der Waals surface area (Å²) in [5.74, 6) is 0.438. The van der Waals surface area contributed by atoms with Crippen LogP contribution in [0.15, 0.2) is 0 Å². The molecule has 1 aliphatic heterocycles. The normalized spacial score (nSPS) is 20.1. The largest absolute Gasteiger partial charge is 0.300 e. The van der Waals surface area contributed by atoms with E-state index in [2.05, 4.69) is 25.7 Å². The van der Waals surface area contributed by atoms with Crippen LogP contribution in [0.2, 0.25) is 0 Å². The van der Waals surface area contributed by atoms with Gasteiger partial charge in [-0.1, -0.05) is 19.8 Å². The predicted octanol–water partition coefficient (Wildman–Crippen LogP) is 2.62. The lowest BCUT2D eigenvalue weighted by Crippen LogP contribution is -2.48. The van der Waals surface area contributed by atoms with Crippen LogP contribution in [-0.2, 0) is 4.79 Å². The Hall–Kier alpha value is -0.370. The maximum Gasteiger partial charge on any atom is 0.135 e. The van der Waals surface area contributed by atoms with Gasteiger partial charge in [0.2, 0.25) is 0 Å². The van der Waals surface area contributed by atoms with Crippen LogP contribution in [0.25, 0.3) is 0 Å². The molecule has 82 valence electrons. The van der Waals surface area contributed by atoms with E-state index in [1.807, 2.05) is 0 Å². The van der Waals surface area contributed by atoms with E-state index in [0.29, 0.717) is 5.78 Å². The highest BCUT2D eigenvalue weighted by molar-refractivity contribution is 5.79. The minimum absolute atomic E-state index is 0.288. The number of hydrogen-bond acceptors (Lipinski definition) is 2. The van der Waals surface area contributed by atoms with Crippen molar-refractivity contribution in [1.29, 1.82) is 0 Å². The summed E-state index contributed by atoms with van der Waals surface area (Å²) in [5, 5.41) is 0. The van der Waals surface area contributed by atoms with Gasteiger partial charge in [0.25, 0.3) is 0 Å². The molecule has 0 aliphatic carbocycles.